The molecule has 0 radical (unpaired) electrons. The Labute approximate surface area is 92.4 Å². The first-order valence-electron chi connectivity index (χ1n) is 6.25. The van der Waals surface area contributed by atoms with Gasteiger partial charge >= 0.3 is 0 Å². The van der Waals surface area contributed by atoms with E-state index in [9.17, 15) is 5.11 Å². The molecule has 1 saturated heterocycles. The molecule has 88 valence electrons. The Morgan fingerprint density at radius 1 is 1.27 bits per heavy atom. The van der Waals surface area contributed by atoms with E-state index in [1.165, 1.54) is 19.3 Å². The van der Waals surface area contributed by atoms with E-state index in [4.69, 9.17) is 4.74 Å². The molecule has 0 aromatic rings. The monoisotopic (exact) mass is 213 g/mol. The summed E-state index contributed by atoms with van der Waals surface area (Å²) in [6.07, 6.45) is 7.17. The molecule has 1 heterocycles. The molecule has 0 bridgehead atoms. The lowest BCUT2D eigenvalue weighted by atomic mass is 10.1. The molecule has 15 heavy (non-hydrogen) atoms. The second-order valence-electron chi connectivity index (χ2n) is 5.05. The predicted molar refractivity (Wildman–Crippen MR) is 59.9 cm³/mol. The van der Waals surface area contributed by atoms with E-state index in [2.05, 4.69) is 11.9 Å². The Morgan fingerprint density at radius 2 is 2.13 bits per heavy atom. The maximum Gasteiger partial charge on any atom is 0.0702 e. The molecule has 0 aromatic carbocycles. The number of hydrogen-bond donors (Lipinski definition) is 1. The van der Waals surface area contributed by atoms with Crippen LogP contribution in [0, 0.1) is 0 Å². The summed E-state index contributed by atoms with van der Waals surface area (Å²) >= 11 is 0. The van der Waals surface area contributed by atoms with Crippen LogP contribution in [0.15, 0.2) is 0 Å². The van der Waals surface area contributed by atoms with Gasteiger partial charge in [0.15, 0.2) is 0 Å². The summed E-state index contributed by atoms with van der Waals surface area (Å²) in [6, 6.07) is 0.575. The van der Waals surface area contributed by atoms with Crippen LogP contribution in [-0.4, -0.2) is 48.5 Å². The average Bonchev–Trinajstić information content (AvgIpc) is 2.66. The van der Waals surface area contributed by atoms with Gasteiger partial charge in [0.05, 0.1) is 12.2 Å². The first kappa shape index (κ1) is 11.4. The van der Waals surface area contributed by atoms with E-state index >= 15 is 0 Å². The molecule has 0 spiro atoms. The van der Waals surface area contributed by atoms with Gasteiger partial charge in [-0.2, -0.15) is 0 Å². The second-order valence-corrected chi connectivity index (χ2v) is 5.05. The Morgan fingerprint density at radius 3 is 2.73 bits per heavy atom. The zero-order chi connectivity index (χ0) is 10.7. The van der Waals surface area contributed by atoms with Crippen molar-refractivity contribution in [3.05, 3.63) is 0 Å². The molecule has 3 unspecified atom stereocenters. The SMILES string of the molecule is CN(CC1CCCCO1)C1CCC(O)C1. The van der Waals surface area contributed by atoms with Crippen molar-refractivity contribution in [1.29, 1.82) is 0 Å². The Bertz CT molecular complexity index is 192. The van der Waals surface area contributed by atoms with E-state index < -0.39 is 0 Å². The summed E-state index contributed by atoms with van der Waals surface area (Å²) in [6.45, 7) is 1.98. The van der Waals surface area contributed by atoms with Crippen molar-refractivity contribution in [2.75, 3.05) is 20.2 Å². The molecule has 1 aliphatic heterocycles. The molecule has 2 aliphatic rings. The molecule has 1 N–H and O–H groups in total. The van der Waals surface area contributed by atoms with Crippen molar-refractivity contribution in [3.63, 3.8) is 0 Å². The first-order valence-corrected chi connectivity index (χ1v) is 6.25. The fourth-order valence-electron chi connectivity index (χ4n) is 2.76. The van der Waals surface area contributed by atoms with Gasteiger partial charge < -0.3 is 14.7 Å². The Kier molecular flexibility index (Phi) is 4.00. The van der Waals surface area contributed by atoms with Gasteiger partial charge in [-0.05, 0) is 45.6 Å². The van der Waals surface area contributed by atoms with Crippen molar-refractivity contribution < 1.29 is 9.84 Å². The van der Waals surface area contributed by atoms with E-state index in [0.717, 1.165) is 32.4 Å². The summed E-state index contributed by atoms with van der Waals surface area (Å²) in [7, 11) is 2.17. The third kappa shape index (κ3) is 3.16. The van der Waals surface area contributed by atoms with Crippen LogP contribution in [0.3, 0.4) is 0 Å². The summed E-state index contributed by atoms with van der Waals surface area (Å²) in [5.41, 5.74) is 0. The molecular formula is C12H23NO2. The standard InChI is InChI=1S/C12H23NO2/c1-13(10-5-6-11(14)8-10)9-12-4-2-3-7-15-12/h10-12,14H,2-9H2,1H3. The zero-order valence-corrected chi connectivity index (χ0v) is 9.69. The van der Waals surface area contributed by atoms with Crippen LogP contribution in [0.1, 0.15) is 38.5 Å². The van der Waals surface area contributed by atoms with E-state index in [1.807, 2.05) is 0 Å². The normalized spacial score (nSPS) is 37.4. The summed E-state index contributed by atoms with van der Waals surface area (Å²) in [5, 5.41) is 9.50. The maximum atomic E-state index is 9.50. The van der Waals surface area contributed by atoms with Crippen molar-refractivity contribution in [2.45, 2.75) is 56.8 Å². The predicted octanol–water partition coefficient (Wildman–Crippen LogP) is 1.40. The molecule has 0 aromatic heterocycles. The number of aliphatic hydroxyl groups excluding tert-OH is 1. The highest BCUT2D eigenvalue weighted by Gasteiger charge is 2.27. The third-order valence-corrected chi connectivity index (χ3v) is 3.77. The molecule has 3 heteroatoms. The van der Waals surface area contributed by atoms with Crippen LogP contribution in [0.4, 0.5) is 0 Å². The number of nitrogens with zero attached hydrogens (tertiary/aromatic N) is 1. The van der Waals surface area contributed by atoms with E-state index in [0.29, 0.717) is 12.1 Å². The minimum Gasteiger partial charge on any atom is -0.393 e. The quantitative estimate of drug-likeness (QED) is 0.769. The molecule has 1 saturated carbocycles. The third-order valence-electron chi connectivity index (χ3n) is 3.77. The van der Waals surface area contributed by atoms with Crippen LogP contribution in [0.25, 0.3) is 0 Å². The molecule has 2 rings (SSSR count). The van der Waals surface area contributed by atoms with Gasteiger partial charge in [-0.1, -0.05) is 0 Å². The lowest BCUT2D eigenvalue weighted by molar-refractivity contribution is -0.00852. The molecule has 1 aliphatic carbocycles. The molecule has 3 nitrogen and oxygen atoms in total. The summed E-state index contributed by atoms with van der Waals surface area (Å²) < 4.78 is 5.73. The smallest absolute Gasteiger partial charge is 0.0702 e. The highest BCUT2D eigenvalue weighted by molar-refractivity contribution is 4.82. The van der Waals surface area contributed by atoms with Gasteiger partial charge in [-0.3, -0.25) is 0 Å². The van der Waals surface area contributed by atoms with Gasteiger partial charge in [0.1, 0.15) is 0 Å². The number of aliphatic hydroxyl groups is 1. The van der Waals surface area contributed by atoms with E-state index in [-0.39, 0.29) is 6.10 Å². The first-order chi connectivity index (χ1) is 7.25. The van der Waals surface area contributed by atoms with Crippen LogP contribution in [0.2, 0.25) is 0 Å². The van der Waals surface area contributed by atoms with Crippen molar-refractivity contribution >= 4 is 0 Å². The minimum atomic E-state index is -0.0651. The fourth-order valence-corrected chi connectivity index (χ4v) is 2.76. The summed E-state index contributed by atoms with van der Waals surface area (Å²) in [4.78, 5) is 2.38. The second kappa shape index (κ2) is 5.28. The van der Waals surface area contributed by atoms with Crippen LogP contribution >= 0.6 is 0 Å². The van der Waals surface area contributed by atoms with Crippen molar-refractivity contribution in [1.82, 2.24) is 4.90 Å². The van der Waals surface area contributed by atoms with Gasteiger partial charge in [-0.25, -0.2) is 0 Å². The zero-order valence-electron chi connectivity index (χ0n) is 9.69. The number of ether oxygens (including phenoxy) is 1. The van der Waals surface area contributed by atoms with E-state index in [1.54, 1.807) is 0 Å². The minimum absolute atomic E-state index is 0.0651. The lowest BCUT2D eigenvalue weighted by Gasteiger charge is -2.30. The van der Waals surface area contributed by atoms with Crippen molar-refractivity contribution in [2.24, 2.45) is 0 Å². The maximum absolute atomic E-state index is 9.50. The molecule has 0 amide bonds. The number of likely N-dealkylation sites (N-methyl/N-ethyl adjacent to an activating group) is 1. The average molecular weight is 213 g/mol. The lowest BCUT2D eigenvalue weighted by Crippen LogP contribution is -2.38. The van der Waals surface area contributed by atoms with Crippen LogP contribution in [0.5, 0.6) is 0 Å². The van der Waals surface area contributed by atoms with Gasteiger partial charge in [-0.15, -0.1) is 0 Å². The summed E-state index contributed by atoms with van der Waals surface area (Å²) in [5.74, 6) is 0. The Balaban J connectivity index is 1.73. The largest absolute Gasteiger partial charge is 0.393 e. The number of rotatable bonds is 3. The van der Waals surface area contributed by atoms with Gasteiger partial charge in [0, 0.05) is 19.2 Å². The number of hydrogen-bond acceptors (Lipinski definition) is 3. The topological polar surface area (TPSA) is 32.7 Å². The fraction of sp³-hybridized carbons (Fsp3) is 1.00. The molecular weight excluding hydrogens is 190 g/mol. The Hall–Kier alpha value is -0.120. The molecule has 3 atom stereocenters. The van der Waals surface area contributed by atoms with Gasteiger partial charge in [0.25, 0.3) is 0 Å². The highest BCUT2D eigenvalue weighted by atomic mass is 16.5. The van der Waals surface area contributed by atoms with Crippen molar-refractivity contribution in [3.8, 4) is 0 Å². The highest BCUT2D eigenvalue weighted by Crippen LogP contribution is 2.24. The van der Waals surface area contributed by atoms with Crippen LogP contribution < -0.4 is 0 Å². The van der Waals surface area contributed by atoms with Crippen LogP contribution in [-0.2, 0) is 4.74 Å². The van der Waals surface area contributed by atoms with Gasteiger partial charge in [0.2, 0.25) is 0 Å². The molecule has 2 fully saturated rings.